The number of halogens is 1. The zero-order valence-corrected chi connectivity index (χ0v) is 17.9. The second-order valence-corrected chi connectivity index (χ2v) is 7.90. The number of pyridine rings is 1. The summed E-state index contributed by atoms with van der Waals surface area (Å²) in [5.74, 6) is 1.81. The highest BCUT2D eigenvalue weighted by molar-refractivity contribution is 5.84. The number of para-hydroxylation sites is 1. The quantitative estimate of drug-likeness (QED) is 0.453. The molecular formula is C25H24FN5O. The Hall–Kier alpha value is -3.58. The van der Waals surface area contributed by atoms with Crippen LogP contribution >= 0.6 is 0 Å². The molecule has 7 heteroatoms. The maximum Gasteiger partial charge on any atom is 0.224 e. The molecule has 1 aliphatic rings. The van der Waals surface area contributed by atoms with Gasteiger partial charge in [0.25, 0.3) is 0 Å². The molecule has 0 unspecified atom stereocenters. The summed E-state index contributed by atoms with van der Waals surface area (Å²) in [4.78, 5) is 17.8. The van der Waals surface area contributed by atoms with Crippen LogP contribution in [-0.2, 0) is 0 Å². The van der Waals surface area contributed by atoms with Crippen molar-refractivity contribution in [1.82, 2.24) is 19.9 Å². The monoisotopic (exact) mass is 429 g/mol. The molecule has 1 fully saturated rings. The van der Waals surface area contributed by atoms with E-state index in [0.29, 0.717) is 11.6 Å². The minimum Gasteiger partial charge on any atom is -0.437 e. The van der Waals surface area contributed by atoms with Crippen LogP contribution in [0, 0.1) is 5.82 Å². The number of aromatic nitrogens is 3. The fourth-order valence-corrected chi connectivity index (χ4v) is 4.12. The lowest BCUT2D eigenvalue weighted by Gasteiger charge is -2.38. The molecule has 0 bridgehead atoms. The summed E-state index contributed by atoms with van der Waals surface area (Å²) in [5.41, 5.74) is 1.93. The molecule has 2 aromatic heterocycles. The van der Waals surface area contributed by atoms with E-state index in [1.54, 1.807) is 6.20 Å². The van der Waals surface area contributed by atoms with Gasteiger partial charge in [0.15, 0.2) is 5.75 Å². The van der Waals surface area contributed by atoms with Gasteiger partial charge >= 0.3 is 0 Å². The number of nitrogens with zero attached hydrogens (tertiary/aromatic N) is 5. The smallest absolute Gasteiger partial charge is 0.224 e. The fraction of sp³-hybridized carbons (Fsp3) is 0.240. The van der Waals surface area contributed by atoms with E-state index in [2.05, 4.69) is 31.7 Å². The average molecular weight is 429 g/mol. The van der Waals surface area contributed by atoms with Crippen molar-refractivity contribution in [2.45, 2.75) is 13.0 Å². The van der Waals surface area contributed by atoms with Crippen molar-refractivity contribution in [3.05, 3.63) is 84.6 Å². The van der Waals surface area contributed by atoms with Crippen molar-refractivity contribution in [1.29, 1.82) is 0 Å². The first-order chi connectivity index (χ1) is 15.7. The van der Waals surface area contributed by atoms with Gasteiger partial charge in [-0.25, -0.2) is 14.4 Å². The van der Waals surface area contributed by atoms with Crippen molar-refractivity contribution < 1.29 is 9.13 Å². The summed E-state index contributed by atoms with van der Waals surface area (Å²) in [5, 5.41) is 1.02. The van der Waals surface area contributed by atoms with E-state index < -0.39 is 0 Å². The second kappa shape index (κ2) is 8.88. The fourth-order valence-electron chi connectivity index (χ4n) is 4.12. The average Bonchev–Trinajstić information content (AvgIpc) is 2.85. The zero-order valence-electron chi connectivity index (χ0n) is 17.9. The maximum atomic E-state index is 13.2. The molecule has 32 heavy (non-hydrogen) atoms. The van der Waals surface area contributed by atoms with Gasteiger partial charge in [-0.15, -0.1) is 0 Å². The van der Waals surface area contributed by atoms with Gasteiger partial charge in [-0.3, -0.25) is 9.88 Å². The highest BCUT2D eigenvalue weighted by Gasteiger charge is 2.23. The molecule has 3 heterocycles. The van der Waals surface area contributed by atoms with Gasteiger partial charge in [-0.1, -0.05) is 30.3 Å². The molecule has 0 radical (unpaired) electrons. The molecular weight excluding hydrogens is 405 g/mol. The van der Waals surface area contributed by atoms with E-state index in [1.807, 2.05) is 48.5 Å². The summed E-state index contributed by atoms with van der Waals surface area (Å²) in [6, 6.07) is 18.7. The molecule has 5 rings (SSSR count). The Morgan fingerprint density at radius 3 is 2.50 bits per heavy atom. The van der Waals surface area contributed by atoms with E-state index in [1.165, 1.54) is 18.5 Å². The van der Waals surface area contributed by atoms with Crippen LogP contribution in [0.25, 0.3) is 10.9 Å². The summed E-state index contributed by atoms with van der Waals surface area (Å²) in [6.07, 6.45) is 3.30. The number of hydrogen-bond acceptors (Lipinski definition) is 6. The first-order valence-electron chi connectivity index (χ1n) is 10.8. The second-order valence-electron chi connectivity index (χ2n) is 7.90. The molecule has 1 saturated heterocycles. The van der Waals surface area contributed by atoms with Crippen LogP contribution in [0.3, 0.4) is 0 Å². The van der Waals surface area contributed by atoms with E-state index in [4.69, 9.17) is 4.74 Å². The van der Waals surface area contributed by atoms with Gasteiger partial charge in [-0.05, 0) is 36.8 Å². The Morgan fingerprint density at radius 1 is 0.906 bits per heavy atom. The lowest BCUT2D eigenvalue weighted by molar-refractivity contribution is 0.198. The van der Waals surface area contributed by atoms with Crippen molar-refractivity contribution in [2.75, 3.05) is 31.1 Å². The minimum absolute atomic E-state index is 0.202. The Labute approximate surface area is 186 Å². The van der Waals surface area contributed by atoms with Crippen LogP contribution in [0.15, 0.2) is 73.2 Å². The van der Waals surface area contributed by atoms with Crippen LogP contribution in [0.5, 0.6) is 11.6 Å². The van der Waals surface area contributed by atoms with Crippen molar-refractivity contribution in [3.8, 4) is 11.6 Å². The molecule has 0 amide bonds. The summed E-state index contributed by atoms with van der Waals surface area (Å²) < 4.78 is 19.3. The molecule has 4 aromatic rings. The van der Waals surface area contributed by atoms with E-state index >= 15 is 0 Å². The lowest BCUT2D eigenvalue weighted by Crippen LogP contribution is -2.47. The highest BCUT2D eigenvalue weighted by Crippen LogP contribution is 2.29. The lowest BCUT2D eigenvalue weighted by atomic mass is 10.1. The van der Waals surface area contributed by atoms with E-state index in [-0.39, 0.29) is 11.9 Å². The van der Waals surface area contributed by atoms with E-state index in [0.717, 1.165) is 48.5 Å². The molecule has 0 N–H and O–H groups in total. The first kappa shape index (κ1) is 20.3. The molecule has 1 atom stereocenters. The van der Waals surface area contributed by atoms with Gasteiger partial charge < -0.3 is 9.64 Å². The minimum atomic E-state index is -0.202. The third-order valence-corrected chi connectivity index (χ3v) is 5.98. The van der Waals surface area contributed by atoms with E-state index in [9.17, 15) is 4.39 Å². The maximum absolute atomic E-state index is 13.2. The Morgan fingerprint density at radius 2 is 1.69 bits per heavy atom. The molecule has 2 aromatic carbocycles. The molecule has 0 spiro atoms. The third kappa shape index (κ3) is 4.24. The van der Waals surface area contributed by atoms with Crippen LogP contribution in [0.4, 0.5) is 10.2 Å². The number of fused-ring (bicyclic) bond motifs is 1. The predicted molar refractivity (Wildman–Crippen MR) is 122 cm³/mol. The number of hydrogen-bond donors (Lipinski definition) is 0. The number of anilines is 1. The Kier molecular flexibility index (Phi) is 5.64. The van der Waals surface area contributed by atoms with Crippen molar-refractivity contribution in [3.63, 3.8) is 0 Å². The Bertz CT molecular complexity index is 1200. The predicted octanol–water partition coefficient (Wildman–Crippen LogP) is 4.84. The molecule has 162 valence electrons. The third-order valence-electron chi connectivity index (χ3n) is 5.98. The first-order valence-corrected chi connectivity index (χ1v) is 10.8. The van der Waals surface area contributed by atoms with Crippen molar-refractivity contribution >= 4 is 16.7 Å². The highest BCUT2D eigenvalue weighted by atomic mass is 19.1. The van der Waals surface area contributed by atoms with Crippen molar-refractivity contribution in [2.24, 2.45) is 0 Å². The van der Waals surface area contributed by atoms with Gasteiger partial charge in [0.05, 0.1) is 0 Å². The molecule has 0 saturated carbocycles. The molecule has 6 nitrogen and oxygen atoms in total. The molecule has 1 aliphatic heterocycles. The summed E-state index contributed by atoms with van der Waals surface area (Å²) >= 11 is 0. The van der Waals surface area contributed by atoms with Gasteiger partial charge in [0.1, 0.15) is 23.5 Å². The van der Waals surface area contributed by atoms with Gasteiger partial charge in [-0.2, -0.15) is 0 Å². The van der Waals surface area contributed by atoms with Crippen LogP contribution in [0.2, 0.25) is 0 Å². The van der Waals surface area contributed by atoms with Gasteiger partial charge in [0.2, 0.25) is 5.88 Å². The number of ether oxygens (including phenoxy) is 1. The standard InChI is InChI=1S/C25H24FN5O/c1-18(19-7-9-21(26)10-8-19)30-12-14-31(15-13-30)23-16-24(29-17-28-23)32-22-6-2-4-20-5-3-11-27-25(20)22/h2-11,16-18H,12-15H2,1H3/t18-/m1/s1. The number of rotatable bonds is 5. The normalized spacial score (nSPS) is 15.6. The topological polar surface area (TPSA) is 54.4 Å². The molecule has 0 aliphatic carbocycles. The Balaban J connectivity index is 1.27. The SMILES string of the molecule is C[C@H](c1ccc(F)cc1)N1CCN(c2cc(Oc3cccc4cccnc34)ncn2)CC1. The zero-order chi connectivity index (χ0) is 21.9. The van der Waals surface area contributed by atoms with Crippen LogP contribution < -0.4 is 9.64 Å². The summed E-state index contributed by atoms with van der Waals surface area (Å²) in [6.45, 7) is 5.64. The largest absolute Gasteiger partial charge is 0.437 e. The number of piperazine rings is 1. The van der Waals surface area contributed by atoms with Gasteiger partial charge in [0, 0.05) is 49.9 Å². The van der Waals surface area contributed by atoms with Crippen LogP contribution in [-0.4, -0.2) is 46.0 Å². The van der Waals surface area contributed by atoms with Crippen LogP contribution in [0.1, 0.15) is 18.5 Å². The summed E-state index contributed by atoms with van der Waals surface area (Å²) in [7, 11) is 0. The number of benzene rings is 2.